The number of esters is 1. The Hall–Kier alpha value is -2.89. The average molecular weight is 327 g/mol. The predicted molar refractivity (Wildman–Crippen MR) is 90.4 cm³/mol. The molecule has 24 heavy (non-hydrogen) atoms. The number of aryl methyl sites for hydroxylation is 1. The molecule has 0 atom stereocenters. The van der Waals surface area contributed by atoms with Gasteiger partial charge in [0.1, 0.15) is 29.5 Å². The number of carbonyl (C=O) groups is 1. The molecule has 6 heteroatoms. The number of ether oxygens (including phenoxy) is 1. The highest BCUT2D eigenvalue weighted by Crippen LogP contribution is 2.29. The van der Waals surface area contributed by atoms with E-state index in [-0.39, 0.29) is 18.3 Å². The number of hydrogen-bond acceptors (Lipinski definition) is 4. The molecule has 0 unspecified atom stereocenters. The number of nitrogens with zero attached hydrogens (tertiary/aromatic N) is 2. The molecular weight excluding hydrogens is 309 g/mol. The zero-order valence-electron chi connectivity index (χ0n) is 13.5. The second-order valence-corrected chi connectivity index (χ2v) is 5.41. The van der Waals surface area contributed by atoms with E-state index < -0.39 is 0 Å². The Kier molecular flexibility index (Phi) is 4.46. The lowest BCUT2D eigenvalue weighted by molar-refractivity contribution is -0.140. The first-order valence-electron chi connectivity index (χ1n) is 7.72. The van der Waals surface area contributed by atoms with Gasteiger partial charge in [0.05, 0.1) is 6.61 Å². The smallest absolute Gasteiger partial charge is 0.325 e. The van der Waals surface area contributed by atoms with Gasteiger partial charge in [0.15, 0.2) is 0 Å². The monoisotopic (exact) mass is 327 g/mol. The zero-order valence-corrected chi connectivity index (χ0v) is 13.5. The topological polar surface area (TPSA) is 55.6 Å². The van der Waals surface area contributed by atoms with Crippen molar-refractivity contribution >= 4 is 17.4 Å². The molecule has 1 aromatic carbocycles. The van der Waals surface area contributed by atoms with E-state index in [0.717, 1.165) is 16.8 Å². The third kappa shape index (κ3) is 3.22. The standard InChI is InChI=1S/C18H18FN3O2/c1-3-24-16(23)10-20-18-17(13-5-7-14(19)8-6-13)21-15-9-4-12(2)11-22(15)18/h4-9,11,20H,3,10H2,1-2H3. The van der Waals surface area contributed by atoms with Crippen molar-refractivity contribution in [3.8, 4) is 11.3 Å². The van der Waals surface area contributed by atoms with Crippen LogP contribution in [0.1, 0.15) is 12.5 Å². The number of imidazole rings is 1. The number of anilines is 1. The van der Waals surface area contributed by atoms with E-state index in [4.69, 9.17) is 4.74 Å². The quantitative estimate of drug-likeness (QED) is 0.730. The number of halogens is 1. The molecule has 1 N–H and O–H groups in total. The van der Waals surface area contributed by atoms with Gasteiger partial charge in [0, 0.05) is 11.8 Å². The normalized spacial score (nSPS) is 10.8. The van der Waals surface area contributed by atoms with Crippen LogP contribution in [0.2, 0.25) is 0 Å². The Morgan fingerprint density at radius 1 is 1.25 bits per heavy atom. The molecule has 0 saturated heterocycles. The van der Waals surface area contributed by atoms with Crippen LogP contribution >= 0.6 is 0 Å². The Labute approximate surface area is 139 Å². The zero-order chi connectivity index (χ0) is 17.1. The van der Waals surface area contributed by atoms with Gasteiger partial charge in [0.25, 0.3) is 0 Å². The van der Waals surface area contributed by atoms with Crippen LogP contribution in [0, 0.1) is 12.7 Å². The molecule has 0 fully saturated rings. The van der Waals surface area contributed by atoms with Crippen LogP contribution in [0.25, 0.3) is 16.9 Å². The predicted octanol–water partition coefficient (Wildman–Crippen LogP) is 3.42. The first-order valence-corrected chi connectivity index (χ1v) is 7.72. The Morgan fingerprint density at radius 3 is 2.71 bits per heavy atom. The van der Waals surface area contributed by atoms with E-state index in [2.05, 4.69) is 10.3 Å². The Bertz CT molecular complexity index is 872. The fourth-order valence-electron chi connectivity index (χ4n) is 2.50. The summed E-state index contributed by atoms with van der Waals surface area (Å²) in [5.41, 5.74) is 3.23. The largest absolute Gasteiger partial charge is 0.465 e. The van der Waals surface area contributed by atoms with Gasteiger partial charge >= 0.3 is 5.97 Å². The van der Waals surface area contributed by atoms with Gasteiger partial charge in [-0.3, -0.25) is 9.20 Å². The maximum atomic E-state index is 13.2. The van der Waals surface area contributed by atoms with E-state index in [0.29, 0.717) is 18.1 Å². The van der Waals surface area contributed by atoms with Gasteiger partial charge in [-0.25, -0.2) is 9.37 Å². The van der Waals surface area contributed by atoms with Crippen LogP contribution in [-0.2, 0) is 9.53 Å². The van der Waals surface area contributed by atoms with Crippen LogP contribution < -0.4 is 5.32 Å². The molecule has 124 valence electrons. The lowest BCUT2D eigenvalue weighted by Gasteiger charge is -2.09. The number of rotatable bonds is 5. The van der Waals surface area contributed by atoms with Gasteiger partial charge in [-0.15, -0.1) is 0 Å². The SMILES string of the molecule is CCOC(=O)CNc1c(-c2ccc(F)cc2)nc2ccc(C)cn12. The van der Waals surface area contributed by atoms with Crippen molar-refractivity contribution in [3.63, 3.8) is 0 Å². The van der Waals surface area contributed by atoms with Crippen LogP contribution in [0.3, 0.4) is 0 Å². The summed E-state index contributed by atoms with van der Waals surface area (Å²) in [6, 6.07) is 9.97. The molecular formula is C18H18FN3O2. The van der Waals surface area contributed by atoms with Crippen molar-refractivity contribution in [2.45, 2.75) is 13.8 Å². The van der Waals surface area contributed by atoms with E-state index >= 15 is 0 Å². The summed E-state index contributed by atoms with van der Waals surface area (Å²) in [5, 5.41) is 3.09. The molecule has 3 rings (SSSR count). The number of benzene rings is 1. The molecule has 0 bridgehead atoms. The van der Waals surface area contributed by atoms with Gasteiger partial charge < -0.3 is 10.1 Å². The molecule has 5 nitrogen and oxygen atoms in total. The minimum absolute atomic E-state index is 0.0315. The summed E-state index contributed by atoms with van der Waals surface area (Å²) in [6.45, 7) is 4.10. The molecule has 0 spiro atoms. The molecule has 2 heterocycles. The maximum absolute atomic E-state index is 13.2. The lowest BCUT2D eigenvalue weighted by Crippen LogP contribution is -2.17. The second kappa shape index (κ2) is 6.70. The van der Waals surface area contributed by atoms with Crippen molar-refractivity contribution in [3.05, 3.63) is 54.0 Å². The third-order valence-electron chi connectivity index (χ3n) is 3.59. The van der Waals surface area contributed by atoms with E-state index in [1.165, 1.54) is 12.1 Å². The van der Waals surface area contributed by atoms with Crippen molar-refractivity contribution in [2.24, 2.45) is 0 Å². The summed E-state index contributed by atoms with van der Waals surface area (Å²) in [6.07, 6.45) is 1.93. The molecule has 0 saturated carbocycles. The number of pyridine rings is 1. The van der Waals surface area contributed by atoms with Crippen molar-refractivity contribution in [1.82, 2.24) is 9.38 Å². The van der Waals surface area contributed by atoms with Crippen molar-refractivity contribution in [2.75, 3.05) is 18.5 Å². The fourth-order valence-corrected chi connectivity index (χ4v) is 2.50. The van der Waals surface area contributed by atoms with Gasteiger partial charge in [0.2, 0.25) is 0 Å². The first-order chi connectivity index (χ1) is 11.6. The molecule has 3 aromatic rings. The van der Waals surface area contributed by atoms with Gasteiger partial charge in [-0.05, 0) is 49.7 Å². The summed E-state index contributed by atoms with van der Waals surface area (Å²) in [4.78, 5) is 16.3. The van der Waals surface area contributed by atoms with Gasteiger partial charge in [-0.1, -0.05) is 6.07 Å². The summed E-state index contributed by atoms with van der Waals surface area (Å²) in [7, 11) is 0. The number of nitrogens with one attached hydrogen (secondary N) is 1. The van der Waals surface area contributed by atoms with Crippen LogP contribution in [0.5, 0.6) is 0 Å². The number of aromatic nitrogens is 2. The van der Waals surface area contributed by atoms with Crippen LogP contribution in [0.15, 0.2) is 42.6 Å². The summed E-state index contributed by atoms with van der Waals surface area (Å²) >= 11 is 0. The Morgan fingerprint density at radius 2 is 2.00 bits per heavy atom. The molecule has 0 aliphatic rings. The highest BCUT2D eigenvalue weighted by molar-refractivity contribution is 5.80. The number of carbonyl (C=O) groups excluding carboxylic acids is 1. The fraction of sp³-hybridized carbons (Fsp3) is 0.222. The summed E-state index contributed by atoms with van der Waals surface area (Å²) < 4.78 is 20.0. The Balaban J connectivity index is 2.05. The lowest BCUT2D eigenvalue weighted by atomic mass is 10.1. The maximum Gasteiger partial charge on any atom is 0.325 e. The molecule has 0 amide bonds. The summed E-state index contributed by atoms with van der Waals surface area (Å²) in [5.74, 6) is 0.0258. The molecule has 2 aromatic heterocycles. The highest BCUT2D eigenvalue weighted by atomic mass is 19.1. The van der Waals surface area contributed by atoms with E-state index in [1.54, 1.807) is 19.1 Å². The van der Waals surface area contributed by atoms with E-state index in [1.807, 2.05) is 29.7 Å². The van der Waals surface area contributed by atoms with Crippen molar-refractivity contribution < 1.29 is 13.9 Å². The molecule has 0 aliphatic carbocycles. The molecule has 0 radical (unpaired) electrons. The van der Waals surface area contributed by atoms with Crippen molar-refractivity contribution in [1.29, 1.82) is 0 Å². The van der Waals surface area contributed by atoms with Crippen LogP contribution in [0.4, 0.5) is 10.2 Å². The van der Waals surface area contributed by atoms with Crippen LogP contribution in [-0.4, -0.2) is 28.5 Å². The average Bonchev–Trinajstić information content (AvgIpc) is 2.91. The first kappa shape index (κ1) is 16.0. The minimum atomic E-state index is -0.342. The third-order valence-corrected chi connectivity index (χ3v) is 3.59. The molecule has 0 aliphatic heterocycles. The minimum Gasteiger partial charge on any atom is -0.465 e. The number of fused-ring (bicyclic) bond motifs is 1. The van der Waals surface area contributed by atoms with Gasteiger partial charge in [-0.2, -0.15) is 0 Å². The highest BCUT2D eigenvalue weighted by Gasteiger charge is 2.15. The van der Waals surface area contributed by atoms with E-state index in [9.17, 15) is 9.18 Å². The number of hydrogen-bond donors (Lipinski definition) is 1. The second-order valence-electron chi connectivity index (χ2n) is 5.41.